The Bertz CT molecular complexity index is 893. The number of rotatable bonds is 7. The molecule has 5 nitrogen and oxygen atoms in total. The van der Waals surface area contributed by atoms with Gasteiger partial charge in [-0.05, 0) is 49.1 Å². The first-order chi connectivity index (χ1) is 13.1. The molecule has 27 heavy (non-hydrogen) atoms. The number of benzene rings is 2. The van der Waals surface area contributed by atoms with E-state index in [1.807, 2.05) is 49.6 Å². The summed E-state index contributed by atoms with van der Waals surface area (Å²) in [5.74, 6) is 1.59. The van der Waals surface area contributed by atoms with E-state index in [0.29, 0.717) is 13.2 Å². The van der Waals surface area contributed by atoms with Gasteiger partial charge >= 0.3 is 6.09 Å². The number of nitrogens with zero attached hydrogens (tertiary/aromatic N) is 2. The minimum absolute atomic E-state index is 0.352. The lowest BCUT2D eigenvalue weighted by Gasteiger charge is -2.23. The molecule has 3 rings (SSSR count). The van der Waals surface area contributed by atoms with Crippen LogP contribution < -0.4 is 9.64 Å². The number of carbonyl (C=O) groups excluding carboxylic acids is 1. The number of hydrogen-bond acceptors (Lipinski definition) is 6. The number of methoxy groups -OCH3 is 1. The number of aromatic nitrogens is 1. The number of amides is 1. The summed E-state index contributed by atoms with van der Waals surface area (Å²) in [6.07, 6.45) is 1.66. The third-order valence-electron chi connectivity index (χ3n) is 4.07. The van der Waals surface area contributed by atoms with Crippen molar-refractivity contribution in [2.24, 2.45) is 0 Å². The highest BCUT2D eigenvalue weighted by molar-refractivity contribution is 7.98. The number of fused-ring (bicyclic) bond motifs is 1. The van der Waals surface area contributed by atoms with Crippen LogP contribution in [0.2, 0.25) is 0 Å². The molecule has 0 aliphatic carbocycles. The third kappa shape index (κ3) is 4.73. The molecule has 0 saturated carbocycles. The fraction of sp³-hybridized carbons (Fsp3) is 0.300. The highest BCUT2D eigenvalue weighted by Gasteiger charge is 2.18. The Kier molecular flexibility index (Phi) is 6.58. The van der Waals surface area contributed by atoms with Gasteiger partial charge in [0.2, 0.25) is 0 Å². The van der Waals surface area contributed by atoms with Crippen molar-refractivity contribution in [3.63, 3.8) is 0 Å². The van der Waals surface area contributed by atoms with Crippen LogP contribution in [0.5, 0.6) is 5.75 Å². The predicted molar refractivity (Wildman–Crippen MR) is 113 cm³/mol. The van der Waals surface area contributed by atoms with Crippen molar-refractivity contribution in [3.05, 3.63) is 53.0 Å². The van der Waals surface area contributed by atoms with E-state index in [0.717, 1.165) is 38.0 Å². The van der Waals surface area contributed by atoms with Crippen LogP contribution in [-0.2, 0) is 11.3 Å². The standard InChI is InChI=1S/C20H22N2O3S2/c1-14-12-15(8-9-17(14)22(10-11-26-3)20(23)24-2)25-13-19-21-16-6-4-5-7-18(16)27-19/h4-9,12H,10-11,13H2,1-3H3. The quantitative estimate of drug-likeness (QED) is 0.549. The fourth-order valence-electron chi connectivity index (χ4n) is 2.75. The van der Waals surface area contributed by atoms with Gasteiger partial charge in [0.1, 0.15) is 17.4 Å². The molecular weight excluding hydrogens is 380 g/mol. The molecule has 0 fully saturated rings. The van der Waals surface area contributed by atoms with Crippen molar-refractivity contribution < 1.29 is 14.3 Å². The van der Waals surface area contributed by atoms with Crippen LogP contribution in [0, 0.1) is 6.92 Å². The van der Waals surface area contributed by atoms with Crippen LogP contribution in [0.25, 0.3) is 10.2 Å². The molecule has 0 aliphatic heterocycles. The van der Waals surface area contributed by atoms with Gasteiger partial charge in [-0.3, -0.25) is 4.90 Å². The van der Waals surface area contributed by atoms with Crippen LogP contribution in [0.1, 0.15) is 10.6 Å². The smallest absolute Gasteiger partial charge is 0.414 e. The van der Waals surface area contributed by atoms with Gasteiger partial charge in [0.15, 0.2) is 0 Å². The first kappa shape index (κ1) is 19.5. The second kappa shape index (κ2) is 9.10. The molecule has 0 N–H and O–H groups in total. The van der Waals surface area contributed by atoms with E-state index in [1.165, 1.54) is 7.11 Å². The summed E-state index contributed by atoms with van der Waals surface area (Å²) >= 11 is 3.33. The second-order valence-corrected chi connectivity index (χ2v) is 8.03. The van der Waals surface area contributed by atoms with Crippen molar-refractivity contribution in [2.75, 3.05) is 30.6 Å². The molecule has 0 aliphatic rings. The van der Waals surface area contributed by atoms with E-state index in [4.69, 9.17) is 9.47 Å². The lowest BCUT2D eigenvalue weighted by atomic mass is 10.1. The fourth-order valence-corrected chi connectivity index (χ4v) is 4.00. The summed E-state index contributed by atoms with van der Waals surface area (Å²) in [7, 11) is 1.40. The van der Waals surface area contributed by atoms with E-state index < -0.39 is 0 Å². The Morgan fingerprint density at radius 3 is 2.78 bits per heavy atom. The largest absolute Gasteiger partial charge is 0.486 e. The highest BCUT2D eigenvalue weighted by Crippen LogP contribution is 2.27. The molecule has 0 unspecified atom stereocenters. The molecule has 2 aromatic carbocycles. The van der Waals surface area contributed by atoms with Crippen molar-refractivity contribution in [1.82, 2.24) is 4.98 Å². The molecule has 1 aromatic heterocycles. The summed E-state index contributed by atoms with van der Waals surface area (Å²) in [5, 5.41) is 0.939. The van der Waals surface area contributed by atoms with Crippen LogP contribution in [0.3, 0.4) is 0 Å². The van der Waals surface area contributed by atoms with Gasteiger partial charge < -0.3 is 9.47 Å². The summed E-state index contributed by atoms with van der Waals surface area (Å²) in [5.41, 5.74) is 2.79. The molecule has 0 radical (unpaired) electrons. The zero-order chi connectivity index (χ0) is 19.2. The first-order valence-corrected chi connectivity index (χ1v) is 10.8. The zero-order valence-electron chi connectivity index (χ0n) is 15.6. The molecule has 0 atom stereocenters. The Morgan fingerprint density at radius 1 is 1.26 bits per heavy atom. The van der Waals surface area contributed by atoms with Crippen LogP contribution in [-0.4, -0.2) is 36.7 Å². The van der Waals surface area contributed by atoms with Gasteiger partial charge in [0.05, 0.1) is 23.0 Å². The molecule has 0 bridgehead atoms. The van der Waals surface area contributed by atoms with E-state index in [1.54, 1.807) is 28.0 Å². The van der Waals surface area contributed by atoms with Gasteiger partial charge in [-0.2, -0.15) is 11.8 Å². The van der Waals surface area contributed by atoms with Crippen LogP contribution in [0.15, 0.2) is 42.5 Å². The third-order valence-corrected chi connectivity index (χ3v) is 5.67. The van der Waals surface area contributed by atoms with Crippen LogP contribution in [0.4, 0.5) is 10.5 Å². The molecule has 0 spiro atoms. The summed E-state index contributed by atoms with van der Waals surface area (Å²) in [6, 6.07) is 13.8. The number of aryl methyl sites for hydroxylation is 1. The van der Waals surface area contributed by atoms with Gasteiger partial charge in [-0.25, -0.2) is 9.78 Å². The maximum Gasteiger partial charge on any atom is 0.414 e. The van der Waals surface area contributed by atoms with Gasteiger partial charge in [0, 0.05) is 12.3 Å². The Balaban J connectivity index is 1.72. The van der Waals surface area contributed by atoms with Crippen LogP contribution >= 0.6 is 23.1 Å². The number of anilines is 1. The van der Waals surface area contributed by atoms with Crippen molar-refractivity contribution in [2.45, 2.75) is 13.5 Å². The molecule has 1 amide bonds. The Hall–Kier alpha value is -2.25. The number of ether oxygens (including phenoxy) is 2. The summed E-state index contributed by atoms with van der Waals surface area (Å²) in [6.45, 7) is 2.99. The maximum atomic E-state index is 12.1. The van der Waals surface area contributed by atoms with Crippen molar-refractivity contribution >= 4 is 45.1 Å². The normalized spacial score (nSPS) is 10.8. The monoisotopic (exact) mass is 402 g/mol. The molecule has 7 heteroatoms. The molecule has 3 aromatic rings. The highest BCUT2D eigenvalue weighted by atomic mass is 32.2. The van der Waals surface area contributed by atoms with E-state index in [9.17, 15) is 4.79 Å². The number of carbonyl (C=O) groups is 1. The summed E-state index contributed by atoms with van der Waals surface area (Å²) < 4.78 is 12.0. The maximum absolute atomic E-state index is 12.1. The minimum atomic E-state index is -0.352. The van der Waals surface area contributed by atoms with Gasteiger partial charge in [-0.1, -0.05) is 12.1 Å². The Morgan fingerprint density at radius 2 is 2.07 bits per heavy atom. The lowest BCUT2D eigenvalue weighted by Crippen LogP contribution is -2.33. The molecule has 1 heterocycles. The number of thiazole rings is 1. The van der Waals surface area contributed by atoms with Crippen molar-refractivity contribution in [3.8, 4) is 5.75 Å². The number of thioether (sulfide) groups is 1. The Labute approximate surface area is 167 Å². The minimum Gasteiger partial charge on any atom is -0.486 e. The first-order valence-electron chi connectivity index (χ1n) is 8.54. The topological polar surface area (TPSA) is 51.7 Å². The summed E-state index contributed by atoms with van der Waals surface area (Å²) in [4.78, 5) is 18.3. The van der Waals surface area contributed by atoms with E-state index in [-0.39, 0.29) is 6.09 Å². The average molecular weight is 403 g/mol. The SMILES string of the molecule is COC(=O)N(CCSC)c1ccc(OCc2nc3ccccc3s2)cc1C. The number of para-hydroxylation sites is 1. The van der Waals surface area contributed by atoms with Crippen molar-refractivity contribution in [1.29, 1.82) is 0 Å². The molecule has 142 valence electrons. The predicted octanol–water partition coefficient (Wildman–Crippen LogP) is 5.12. The van der Waals surface area contributed by atoms with E-state index >= 15 is 0 Å². The zero-order valence-corrected chi connectivity index (χ0v) is 17.2. The van der Waals surface area contributed by atoms with Gasteiger partial charge in [-0.15, -0.1) is 11.3 Å². The molecule has 0 saturated heterocycles. The molecular formula is C20H22N2O3S2. The van der Waals surface area contributed by atoms with E-state index in [2.05, 4.69) is 11.1 Å². The lowest BCUT2D eigenvalue weighted by molar-refractivity contribution is 0.179. The van der Waals surface area contributed by atoms with Gasteiger partial charge in [0.25, 0.3) is 0 Å². The average Bonchev–Trinajstić information content (AvgIpc) is 3.10. The number of hydrogen-bond donors (Lipinski definition) is 0. The second-order valence-electron chi connectivity index (χ2n) is 5.93.